The van der Waals surface area contributed by atoms with Crippen LogP contribution in [0.1, 0.15) is 25.7 Å². The van der Waals surface area contributed by atoms with E-state index in [1.165, 1.54) is 24.0 Å². The van der Waals surface area contributed by atoms with Gasteiger partial charge in [0, 0.05) is 0 Å². The van der Waals surface area contributed by atoms with Crippen LogP contribution in [-0.2, 0) is 0 Å². The van der Waals surface area contributed by atoms with Crippen LogP contribution in [0.25, 0.3) is 0 Å². The van der Waals surface area contributed by atoms with Crippen molar-refractivity contribution in [1.29, 1.82) is 0 Å². The Kier molecular flexibility index (Phi) is 1.93. The summed E-state index contributed by atoms with van der Waals surface area (Å²) in [5, 5.41) is 0. The SMILES string of the molecule is C=C1CCCC/C1=C\N. The predicted octanol–water partition coefficient (Wildman–Crippen LogP) is 1.96. The van der Waals surface area contributed by atoms with Crippen LogP contribution < -0.4 is 5.73 Å². The van der Waals surface area contributed by atoms with Crippen molar-refractivity contribution in [3.05, 3.63) is 23.9 Å². The van der Waals surface area contributed by atoms with Gasteiger partial charge in [-0.2, -0.15) is 0 Å². The molecule has 1 aliphatic carbocycles. The first-order chi connectivity index (χ1) is 4.34. The third kappa shape index (κ3) is 1.35. The molecule has 50 valence electrons. The van der Waals surface area contributed by atoms with Crippen LogP contribution in [0.4, 0.5) is 0 Å². The van der Waals surface area contributed by atoms with E-state index in [9.17, 15) is 0 Å². The first-order valence-corrected chi connectivity index (χ1v) is 3.43. The van der Waals surface area contributed by atoms with Crippen molar-refractivity contribution in [3.8, 4) is 0 Å². The zero-order valence-electron chi connectivity index (χ0n) is 5.69. The van der Waals surface area contributed by atoms with Crippen LogP contribution in [0.15, 0.2) is 23.9 Å². The molecule has 9 heavy (non-hydrogen) atoms. The Labute approximate surface area is 56.2 Å². The highest BCUT2D eigenvalue weighted by Gasteiger charge is 2.07. The largest absolute Gasteiger partial charge is 0.404 e. The summed E-state index contributed by atoms with van der Waals surface area (Å²) >= 11 is 0. The van der Waals surface area contributed by atoms with Crippen molar-refractivity contribution in [1.82, 2.24) is 0 Å². The van der Waals surface area contributed by atoms with Gasteiger partial charge in [0.2, 0.25) is 0 Å². The summed E-state index contributed by atoms with van der Waals surface area (Å²) in [6, 6.07) is 0. The fraction of sp³-hybridized carbons (Fsp3) is 0.500. The molecule has 1 heteroatoms. The van der Waals surface area contributed by atoms with Gasteiger partial charge in [-0.3, -0.25) is 0 Å². The molecule has 1 aliphatic rings. The minimum Gasteiger partial charge on any atom is -0.404 e. The molecular weight excluding hydrogens is 110 g/mol. The standard InChI is InChI=1S/C8H13N/c1-7-4-2-3-5-8(7)6-9/h6H,1-5,9H2/b8-6+. The van der Waals surface area contributed by atoms with Crippen molar-refractivity contribution in [2.45, 2.75) is 25.7 Å². The summed E-state index contributed by atoms with van der Waals surface area (Å²) in [5.41, 5.74) is 7.88. The summed E-state index contributed by atoms with van der Waals surface area (Å²) in [6.07, 6.45) is 6.54. The molecular formula is C8H13N. The van der Waals surface area contributed by atoms with E-state index in [0.717, 1.165) is 12.8 Å². The highest BCUT2D eigenvalue weighted by atomic mass is 14.5. The lowest BCUT2D eigenvalue weighted by Crippen LogP contribution is -1.99. The second-order valence-corrected chi connectivity index (χ2v) is 2.50. The Morgan fingerprint density at radius 1 is 1.33 bits per heavy atom. The van der Waals surface area contributed by atoms with Gasteiger partial charge in [-0.25, -0.2) is 0 Å². The third-order valence-electron chi connectivity index (χ3n) is 1.83. The van der Waals surface area contributed by atoms with Gasteiger partial charge in [0.25, 0.3) is 0 Å². The van der Waals surface area contributed by atoms with Crippen LogP contribution in [-0.4, -0.2) is 0 Å². The molecule has 0 aliphatic heterocycles. The number of hydrogen-bond donors (Lipinski definition) is 1. The van der Waals surface area contributed by atoms with Gasteiger partial charge >= 0.3 is 0 Å². The van der Waals surface area contributed by atoms with Crippen LogP contribution in [0.3, 0.4) is 0 Å². The highest BCUT2D eigenvalue weighted by molar-refractivity contribution is 5.28. The molecule has 0 radical (unpaired) electrons. The van der Waals surface area contributed by atoms with Crippen molar-refractivity contribution in [3.63, 3.8) is 0 Å². The molecule has 1 rings (SSSR count). The zero-order valence-corrected chi connectivity index (χ0v) is 5.69. The molecule has 0 spiro atoms. The van der Waals surface area contributed by atoms with Crippen molar-refractivity contribution in [2.24, 2.45) is 5.73 Å². The topological polar surface area (TPSA) is 26.0 Å². The van der Waals surface area contributed by atoms with E-state index in [1.54, 1.807) is 6.20 Å². The van der Waals surface area contributed by atoms with Crippen molar-refractivity contribution < 1.29 is 0 Å². The van der Waals surface area contributed by atoms with E-state index in [-0.39, 0.29) is 0 Å². The highest BCUT2D eigenvalue weighted by Crippen LogP contribution is 2.25. The second kappa shape index (κ2) is 2.72. The van der Waals surface area contributed by atoms with Crippen molar-refractivity contribution in [2.75, 3.05) is 0 Å². The fourth-order valence-electron chi connectivity index (χ4n) is 1.19. The first-order valence-electron chi connectivity index (χ1n) is 3.43. The molecule has 0 aromatic rings. The van der Waals surface area contributed by atoms with E-state index < -0.39 is 0 Å². The molecule has 0 unspecified atom stereocenters. The summed E-state index contributed by atoms with van der Waals surface area (Å²) in [4.78, 5) is 0. The fourth-order valence-corrected chi connectivity index (χ4v) is 1.19. The molecule has 0 amide bonds. The lowest BCUT2D eigenvalue weighted by atomic mass is 9.91. The second-order valence-electron chi connectivity index (χ2n) is 2.50. The first kappa shape index (κ1) is 6.40. The van der Waals surface area contributed by atoms with Gasteiger partial charge in [-0.1, -0.05) is 12.2 Å². The Balaban J connectivity index is 2.60. The molecule has 0 heterocycles. The third-order valence-corrected chi connectivity index (χ3v) is 1.83. The minimum atomic E-state index is 1.13. The van der Waals surface area contributed by atoms with Gasteiger partial charge in [0.05, 0.1) is 0 Å². The molecule has 1 nitrogen and oxygen atoms in total. The molecule has 1 fully saturated rings. The molecule has 0 saturated heterocycles. The van der Waals surface area contributed by atoms with Crippen LogP contribution in [0, 0.1) is 0 Å². The average Bonchev–Trinajstić information content (AvgIpc) is 1.89. The van der Waals surface area contributed by atoms with Crippen LogP contribution in [0.5, 0.6) is 0 Å². The molecule has 0 bridgehead atoms. The monoisotopic (exact) mass is 123 g/mol. The molecule has 1 saturated carbocycles. The minimum absolute atomic E-state index is 1.13. The number of hydrogen-bond acceptors (Lipinski definition) is 1. The molecule has 0 aromatic heterocycles. The van der Waals surface area contributed by atoms with E-state index in [4.69, 9.17) is 5.73 Å². The normalized spacial score (nSPS) is 24.9. The molecule has 0 atom stereocenters. The quantitative estimate of drug-likeness (QED) is 0.523. The van der Waals surface area contributed by atoms with Gasteiger partial charge in [0.15, 0.2) is 0 Å². The lowest BCUT2D eigenvalue weighted by molar-refractivity contribution is 0.679. The van der Waals surface area contributed by atoms with E-state index in [1.807, 2.05) is 0 Å². The molecule has 2 N–H and O–H groups in total. The summed E-state index contributed by atoms with van der Waals surface area (Å²) < 4.78 is 0. The van der Waals surface area contributed by atoms with Gasteiger partial charge in [-0.15, -0.1) is 0 Å². The predicted molar refractivity (Wildman–Crippen MR) is 39.9 cm³/mol. The maximum atomic E-state index is 5.37. The Morgan fingerprint density at radius 2 is 2.00 bits per heavy atom. The Morgan fingerprint density at radius 3 is 2.44 bits per heavy atom. The van der Waals surface area contributed by atoms with Gasteiger partial charge in [-0.05, 0) is 37.5 Å². The van der Waals surface area contributed by atoms with Gasteiger partial charge in [0.1, 0.15) is 0 Å². The Hall–Kier alpha value is -0.720. The van der Waals surface area contributed by atoms with Gasteiger partial charge < -0.3 is 5.73 Å². The average molecular weight is 123 g/mol. The number of nitrogens with two attached hydrogens (primary N) is 1. The Bertz CT molecular complexity index is 145. The molecule has 0 aromatic carbocycles. The van der Waals surface area contributed by atoms with E-state index in [0.29, 0.717) is 0 Å². The smallest absolute Gasteiger partial charge is 0.00271 e. The number of allylic oxidation sites excluding steroid dienone is 2. The maximum absolute atomic E-state index is 5.37. The van der Waals surface area contributed by atoms with E-state index in [2.05, 4.69) is 6.58 Å². The van der Waals surface area contributed by atoms with E-state index >= 15 is 0 Å². The van der Waals surface area contributed by atoms with Crippen LogP contribution >= 0.6 is 0 Å². The maximum Gasteiger partial charge on any atom is -0.00271 e. The number of rotatable bonds is 0. The zero-order chi connectivity index (χ0) is 6.69. The van der Waals surface area contributed by atoms with Crippen LogP contribution in [0.2, 0.25) is 0 Å². The summed E-state index contributed by atoms with van der Waals surface area (Å²) in [7, 11) is 0. The van der Waals surface area contributed by atoms with Crippen molar-refractivity contribution >= 4 is 0 Å². The summed E-state index contributed by atoms with van der Waals surface area (Å²) in [6.45, 7) is 3.92. The summed E-state index contributed by atoms with van der Waals surface area (Å²) in [5.74, 6) is 0. The lowest BCUT2D eigenvalue weighted by Gasteiger charge is -2.15.